The van der Waals surface area contributed by atoms with Crippen LogP contribution in [0.5, 0.6) is 0 Å². The van der Waals surface area contributed by atoms with Gasteiger partial charge in [-0.25, -0.2) is 9.78 Å². The number of carbonyl (C=O) groups excluding carboxylic acids is 1. The molecule has 2 aliphatic heterocycles. The van der Waals surface area contributed by atoms with Gasteiger partial charge in [0, 0.05) is 51.5 Å². The van der Waals surface area contributed by atoms with Crippen molar-refractivity contribution in [1.82, 2.24) is 20.5 Å². The largest absolute Gasteiger partial charge is 0.378 e. The predicted molar refractivity (Wildman–Crippen MR) is 113 cm³/mol. The van der Waals surface area contributed by atoms with E-state index in [4.69, 9.17) is 4.74 Å². The van der Waals surface area contributed by atoms with Crippen LogP contribution in [0.2, 0.25) is 0 Å². The number of hydrogen-bond donors (Lipinski definition) is 2. The lowest BCUT2D eigenvalue weighted by Crippen LogP contribution is -2.43. The summed E-state index contributed by atoms with van der Waals surface area (Å²) in [7, 11) is 0. The van der Waals surface area contributed by atoms with Crippen molar-refractivity contribution >= 4 is 11.8 Å². The second kappa shape index (κ2) is 9.71. The first kappa shape index (κ1) is 19.7. The van der Waals surface area contributed by atoms with E-state index in [0.29, 0.717) is 6.54 Å². The van der Waals surface area contributed by atoms with E-state index in [-0.39, 0.29) is 12.1 Å². The van der Waals surface area contributed by atoms with Crippen LogP contribution in [0.25, 0.3) is 0 Å². The lowest BCUT2D eigenvalue weighted by atomic mass is 10.2. The highest BCUT2D eigenvalue weighted by Gasteiger charge is 2.23. The van der Waals surface area contributed by atoms with E-state index in [1.165, 1.54) is 5.56 Å². The normalized spacial score (nSPS) is 19.9. The van der Waals surface area contributed by atoms with Crippen molar-refractivity contribution in [2.45, 2.75) is 25.6 Å². The zero-order chi connectivity index (χ0) is 19.9. The highest BCUT2D eigenvalue weighted by atomic mass is 16.5. The van der Waals surface area contributed by atoms with E-state index in [2.05, 4.69) is 49.7 Å². The maximum atomic E-state index is 12.3. The van der Waals surface area contributed by atoms with Gasteiger partial charge in [-0.3, -0.25) is 4.90 Å². The van der Waals surface area contributed by atoms with Gasteiger partial charge in [0.25, 0.3) is 0 Å². The van der Waals surface area contributed by atoms with Crippen molar-refractivity contribution in [3.05, 3.63) is 59.8 Å². The summed E-state index contributed by atoms with van der Waals surface area (Å²) in [4.78, 5) is 21.4. The summed E-state index contributed by atoms with van der Waals surface area (Å²) in [5.41, 5.74) is 2.31. The Hall–Kier alpha value is -2.64. The van der Waals surface area contributed by atoms with Gasteiger partial charge in [0.05, 0.1) is 13.2 Å². The number of benzene rings is 1. The minimum atomic E-state index is -0.117. The van der Waals surface area contributed by atoms with E-state index >= 15 is 0 Å². The van der Waals surface area contributed by atoms with Crippen molar-refractivity contribution in [3.8, 4) is 0 Å². The fourth-order valence-corrected chi connectivity index (χ4v) is 3.86. The predicted octanol–water partition coefficient (Wildman–Crippen LogP) is 1.99. The van der Waals surface area contributed by atoms with Gasteiger partial charge < -0.3 is 20.3 Å². The van der Waals surface area contributed by atoms with Gasteiger partial charge in [0.15, 0.2) is 0 Å². The van der Waals surface area contributed by atoms with Crippen molar-refractivity contribution in [2.24, 2.45) is 0 Å². The van der Waals surface area contributed by atoms with Crippen molar-refractivity contribution in [3.63, 3.8) is 0 Å². The third-order valence-electron chi connectivity index (χ3n) is 5.45. The van der Waals surface area contributed by atoms with Crippen molar-refractivity contribution in [1.29, 1.82) is 0 Å². The summed E-state index contributed by atoms with van der Waals surface area (Å²) in [6.45, 7) is 6.53. The van der Waals surface area contributed by atoms with E-state index in [9.17, 15) is 4.79 Å². The number of pyridine rings is 1. The zero-order valence-electron chi connectivity index (χ0n) is 16.7. The minimum Gasteiger partial charge on any atom is -0.378 e. The number of anilines is 1. The van der Waals surface area contributed by atoms with Gasteiger partial charge in [-0.05, 0) is 23.6 Å². The molecular formula is C22H29N5O2. The fraction of sp³-hybridized carbons (Fsp3) is 0.455. The summed E-state index contributed by atoms with van der Waals surface area (Å²) in [5.74, 6) is 0.964. The summed E-state index contributed by atoms with van der Waals surface area (Å²) in [5, 5.41) is 6.04. The third-order valence-corrected chi connectivity index (χ3v) is 5.45. The van der Waals surface area contributed by atoms with Crippen molar-refractivity contribution in [2.75, 3.05) is 44.3 Å². The smallest absolute Gasteiger partial charge is 0.315 e. The Morgan fingerprint density at radius 1 is 1.07 bits per heavy atom. The molecule has 2 aliphatic rings. The Labute approximate surface area is 172 Å². The first-order valence-electron chi connectivity index (χ1n) is 10.3. The molecule has 3 heterocycles. The molecule has 1 aromatic carbocycles. The Morgan fingerprint density at radius 3 is 2.66 bits per heavy atom. The number of carbonyl (C=O) groups is 1. The van der Waals surface area contributed by atoms with Gasteiger partial charge in [0.2, 0.25) is 0 Å². The summed E-state index contributed by atoms with van der Waals surface area (Å²) in [6.07, 6.45) is 2.82. The van der Waals surface area contributed by atoms with E-state index in [0.717, 1.165) is 63.7 Å². The number of amides is 2. The molecule has 2 aromatic rings. The van der Waals surface area contributed by atoms with Gasteiger partial charge in [-0.1, -0.05) is 36.4 Å². The number of likely N-dealkylation sites (tertiary alicyclic amines) is 1. The molecule has 1 aromatic heterocycles. The second-order valence-electron chi connectivity index (χ2n) is 7.66. The number of ether oxygens (including phenoxy) is 1. The van der Waals surface area contributed by atoms with Gasteiger partial charge in [0.1, 0.15) is 5.82 Å². The number of nitrogens with one attached hydrogen (secondary N) is 2. The van der Waals surface area contributed by atoms with Crippen LogP contribution < -0.4 is 15.5 Å². The highest BCUT2D eigenvalue weighted by Crippen LogP contribution is 2.14. The van der Waals surface area contributed by atoms with Gasteiger partial charge >= 0.3 is 6.03 Å². The molecule has 2 fully saturated rings. The number of morpholine rings is 1. The minimum absolute atomic E-state index is 0.117. The standard InChI is InChI=1S/C22H29N5O2/c28-22(25-20-8-9-26(17-20)16-18-4-2-1-3-5-18)24-15-19-6-7-21(23-14-19)27-10-12-29-13-11-27/h1-7,14,20H,8-13,15-17H2,(H2,24,25,28)/t20-/m1/s1. The maximum absolute atomic E-state index is 12.3. The number of urea groups is 1. The number of nitrogens with zero attached hydrogens (tertiary/aromatic N) is 3. The van der Waals surface area contributed by atoms with Crippen LogP contribution in [0, 0.1) is 0 Å². The SMILES string of the molecule is O=C(NCc1ccc(N2CCOCC2)nc1)N[C@@H]1CCN(Cc2ccccc2)C1. The topological polar surface area (TPSA) is 69.7 Å². The molecule has 0 unspecified atom stereocenters. The van der Waals surface area contributed by atoms with E-state index in [1.807, 2.05) is 24.4 Å². The molecule has 0 aliphatic carbocycles. The maximum Gasteiger partial charge on any atom is 0.315 e. The van der Waals surface area contributed by atoms with Crippen molar-refractivity contribution < 1.29 is 9.53 Å². The molecule has 0 radical (unpaired) electrons. The molecule has 1 atom stereocenters. The average Bonchev–Trinajstić information content (AvgIpc) is 3.20. The number of aromatic nitrogens is 1. The second-order valence-corrected chi connectivity index (χ2v) is 7.66. The lowest BCUT2D eigenvalue weighted by Gasteiger charge is -2.27. The Kier molecular flexibility index (Phi) is 6.59. The molecular weight excluding hydrogens is 366 g/mol. The van der Waals surface area contributed by atoms with E-state index < -0.39 is 0 Å². The molecule has 154 valence electrons. The molecule has 0 bridgehead atoms. The molecule has 29 heavy (non-hydrogen) atoms. The summed E-state index contributed by atoms with van der Waals surface area (Å²) >= 11 is 0. The van der Waals surface area contributed by atoms with Crippen LogP contribution in [-0.2, 0) is 17.8 Å². The molecule has 2 saturated heterocycles. The summed E-state index contributed by atoms with van der Waals surface area (Å²) < 4.78 is 5.37. The van der Waals surface area contributed by atoms with E-state index in [1.54, 1.807) is 0 Å². The number of rotatable bonds is 6. The molecule has 2 amide bonds. The van der Waals surface area contributed by atoms with Crippen LogP contribution >= 0.6 is 0 Å². The van der Waals surface area contributed by atoms with Crippen LogP contribution in [0.4, 0.5) is 10.6 Å². The van der Waals surface area contributed by atoms with Crippen LogP contribution in [-0.4, -0.2) is 61.3 Å². The average molecular weight is 396 g/mol. The molecule has 2 N–H and O–H groups in total. The molecule has 7 heteroatoms. The highest BCUT2D eigenvalue weighted by molar-refractivity contribution is 5.74. The Morgan fingerprint density at radius 2 is 1.90 bits per heavy atom. The summed E-state index contributed by atoms with van der Waals surface area (Å²) in [6, 6.07) is 14.6. The first-order chi connectivity index (χ1) is 14.3. The monoisotopic (exact) mass is 395 g/mol. The van der Waals surface area contributed by atoms with Crippen LogP contribution in [0.1, 0.15) is 17.5 Å². The Bertz CT molecular complexity index is 778. The number of hydrogen-bond acceptors (Lipinski definition) is 5. The quantitative estimate of drug-likeness (QED) is 0.783. The lowest BCUT2D eigenvalue weighted by molar-refractivity contribution is 0.122. The molecule has 0 saturated carbocycles. The molecule has 0 spiro atoms. The Balaban J connectivity index is 1.18. The van der Waals surface area contributed by atoms with Gasteiger partial charge in [-0.15, -0.1) is 0 Å². The van der Waals surface area contributed by atoms with Crippen LogP contribution in [0.3, 0.4) is 0 Å². The third kappa shape index (κ3) is 5.68. The van der Waals surface area contributed by atoms with Gasteiger partial charge in [-0.2, -0.15) is 0 Å². The molecule has 4 rings (SSSR count). The molecule has 7 nitrogen and oxygen atoms in total. The fourth-order valence-electron chi connectivity index (χ4n) is 3.86. The first-order valence-corrected chi connectivity index (χ1v) is 10.3. The van der Waals surface area contributed by atoms with Crippen LogP contribution in [0.15, 0.2) is 48.7 Å². The zero-order valence-corrected chi connectivity index (χ0v) is 16.7.